The molecular formula is C11H13N3O2S. The highest BCUT2D eigenvalue weighted by Crippen LogP contribution is 2.43. The number of ether oxygens (including phenoxy) is 1. The minimum atomic E-state index is -0.308. The Bertz CT molecular complexity index is 577. The second-order valence-electron chi connectivity index (χ2n) is 4.23. The molecule has 0 atom stereocenters. The molecule has 1 aliphatic carbocycles. The molecule has 0 aromatic carbocycles. The maximum Gasteiger partial charge on any atom is 0.316 e. The second kappa shape index (κ2) is 3.80. The number of aryl methyl sites for hydroxylation is 1. The molecule has 2 aliphatic rings. The monoisotopic (exact) mass is 251 g/mol. The zero-order valence-electron chi connectivity index (χ0n) is 9.52. The zero-order valence-corrected chi connectivity index (χ0v) is 10.3. The van der Waals surface area contributed by atoms with Crippen LogP contribution in [0.15, 0.2) is 20.5 Å². The van der Waals surface area contributed by atoms with Gasteiger partial charge in [-0.25, -0.2) is 9.66 Å². The van der Waals surface area contributed by atoms with E-state index in [1.165, 1.54) is 11.3 Å². The first kappa shape index (κ1) is 10.7. The lowest BCUT2D eigenvalue weighted by Crippen LogP contribution is -2.32. The molecule has 1 aliphatic heterocycles. The Morgan fingerprint density at radius 1 is 1.41 bits per heavy atom. The van der Waals surface area contributed by atoms with Gasteiger partial charge in [0.15, 0.2) is 5.03 Å². The highest BCUT2D eigenvalue weighted by molar-refractivity contribution is 8.03. The summed E-state index contributed by atoms with van der Waals surface area (Å²) in [6.07, 6.45) is 4.22. The molecule has 0 bridgehead atoms. The zero-order chi connectivity index (χ0) is 12.0. The number of rotatable bonds is 0. The molecule has 2 N–H and O–H groups in total. The normalized spacial score (nSPS) is 18.4. The molecule has 6 heteroatoms. The largest absolute Gasteiger partial charge is 0.452 e. The fraction of sp³-hybridized carbons (Fsp3) is 0.455. The number of allylic oxidation sites excluding steroid dienone is 2. The van der Waals surface area contributed by atoms with Crippen LogP contribution < -0.4 is 16.1 Å². The Kier molecular flexibility index (Phi) is 2.39. The molecule has 0 radical (unpaired) electrons. The topological polar surface area (TPSA) is 70.1 Å². The summed E-state index contributed by atoms with van der Waals surface area (Å²) in [5.74, 6) is 7.32. The van der Waals surface area contributed by atoms with Crippen LogP contribution in [-0.4, -0.2) is 9.66 Å². The fourth-order valence-electron chi connectivity index (χ4n) is 2.06. The van der Waals surface area contributed by atoms with E-state index in [0.717, 1.165) is 29.7 Å². The third-order valence-electron chi connectivity index (χ3n) is 3.03. The van der Waals surface area contributed by atoms with Gasteiger partial charge in [-0.1, -0.05) is 11.8 Å². The summed E-state index contributed by atoms with van der Waals surface area (Å²) in [6.45, 7) is 1.72. The van der Waals surface area contributed by atoms with E-state index < -0.39 is 0 Å². The number of nitrogens with zero attached hydrogens (tertiary/aromatic N) is 2. The van der Waals surface area contributed by atoms with Gasteiger partial charge >= 0.3 is 5.56 Å². The first-order valence-electron chi connectivity index (χ1n) is 5.63. The highest BCUT2D eigenvalue weighted by Gasteiger charge is 2.27. The molecule has 0 fully saturated rings. The van der Waals surface area contributed by atoms with E-state index in [0.29, 0.717) is 10.9 Å². The lowest BCUT2D eigenvalue weighted by atomic mass is 10.1. The number of nitrogen functional groups attached to an aromatic ring is 1. The maximum absolute atomic E-state index is 11.9. The Morgan fingerprint density at radius 2 is 2.18 bits per heavy atom. The van der Waals surface area contributed by atoms with Gasteiger partial charge in [0.1, 0.15) is 11.6 Å². The predicted molar refractivity (Wildman–Crippen MR) is 65.4 cm³/mol. The quantitative estimate of drug-likeness (QED) is 0.559. The summed E-state index contributed by atoms with van der Waals surface area (Å²) >= 11 is 1.55. The molecule has 0 amide bonds. The van der Waals surface area contributed by atoms with Crippen molar-refractivity contribution in [2.75, 3.05) is 5.84 Å². The molecule has 1 aromatic rings. The van der Waals surface area contributed by atoms with Gasteiger partial charge in [-0.2, -0.15) is 0 Å². The molecule has 3 rings (SSSR count). The van der Waals surface area contributed by atoms with Gasteiger partial charge in [-0.15, -0.1) is 0 Å². The van der Waals surface area contributed by atoms with Crippen LogP contribution in [0, 0.1) is 6.92 Å². The molecule has 0 saturated heterocycles. The average molecular weight is 251 g/mol. The lowest BCUT2D eigenvalue weighted by molar-refractivity contribution is 0.357. The van der Waals surface area contributed by atoms with Gasteiger partial charge in [0.05, 0.1) is 0 Å². The minimum absolute atomic E-state index is 0.281. The molecule has 5 nitrogen and oxygen atoms in total. The third-order valence-corrected chi connectivity index (χ3v) is 4.18. The molecule has 0 unspecified atom stereocenters. The van der Waals surface area contributed by atoms with Crippen LogP contribution in [0.25, 0.3) is 0 Å². The standard InChI is InChI=1S/C11H13N3O2S/c1-6-13-10-9(11(15)14(6)12)16-7-4-2-3-5-8(7)17-10/h2-5,12H2,1H3. The van der Waals surface area contributed by atoms with Gasteiger partial charge in [-0.3, -0.25) is 4.79 Å². The van der Waals surface area contributed by atoms with E-state index in [2.05, 4.69) is 4.98 Å². The number of fused-ring (bicyclic) bond motifs is 1. The Morgan fingerprint density at radius 3 is 3.00 bits per heavy atom. The van der Waals surface area contributed by atoms with E-state index >= 15 is 0 Å². The third kappa shape index (κ3) is 1.63. The van der Waals surface area contributed by atoms with Crippen molar-refractivity contribution in [3.05, 3.63) is 26.8 Å². The highest BCUT2D eigenvalue weighted by atomic mass is 32.2. The van der Waals surface area contributed by atoms with E-state index in [4.69, 9.17) is 10.6 Å². The van der Waals surface area contributed by atoms with Gasteiger partial charge in [0, 0.05) is 11.3 Å². The SMILES string of the molecule is Cc1nc2c(c(=O)n1N)OC1=C(CCCC1)S2. The summed E-state index contributed by atoms with van der Waals surface area (Å²) in [4.78, 5) is 17.5. The Balaban J connectivity index is 2.11. The number of hydrogen-bond donors (Lipinski definition) is 1. The van der Waals surface area contributed by atoms with Crippen molar-refractivity contribution < 1.29 is 4.74 Å². The number of hydrogen-bond acceptors (Lipinski definition) is 5. The van der Waals surface area contributed by atoms with Crippen LogP contribution in [0.3, 0.4) is 0 Å². The minimum Gasteiger partial charge on any atom is -0.452 e. The van der Waals surface area contributed by atoms with Gasteiger partial charge in [-0.05, 0) is 26.2 Å². The van der Waals surface area contributed by atoms with Crippen molar-refractivity contribution >= 4 is 11.8 Å². The average Bonchev–Trinajstić information content (AvgIpc) is 2.34. The van der Waals surface area contributed by atoms with Gasteiger partial charge in [0.25, 0.3) is 0 Å². The predicted octanol–water partition coefficient (Wildman–Crippen LogP) is 1.54. The van der Waals surface area contributed by atoms with E-state index in [9.17, 15) is 4.79 Å². The summed E-state index contributed by atoms with van der Waals surface area (Å²) in [6, 6.07) is 0. The summed E-state index contributed by atoms with van der Waals surface area (Å²) in [7, 11) is 0. The maximum atomic E-state index is 11.9. The number of aromatic nitrogens is 2. The van der Waals surface area contributed by atoms with Crippen molar-refractivity contribution in [3.63, 3.8) is 0 Å². The van der Waals surface area contributed by atoms with E-state index in [1.54, 1.807) is 18.7 Å². The first-order valence-corrected chi connectivity index (χ1v) is 6.45. The van der Waals surface area contributed by atoms with Gasteiger partial charge < -0.3 is 10.6 Å². The first-order chi connectivity index (χ1) is 8.16. The van der Waals surface area contributed by atoms with E-state index in [1.807, 2.05) is 0 Å². The Hall–Kier alpha value is -1.43. The molecule has 2 heterocycles. The van der Waals surface area contributed by atoms with Crippen LogP contribution in [-0.2, 0) is 0 Å². The van der Waals surface area contributed by atoms with Crippen LogP contribution >= 0.6 is 11.8 Å². The van der Waals surface area contributed by atoms with Crippen molar-refractivity contribution in [1.29, 1.82) is 0 Å². The van der Waals surface area contributed by atoms with Crippen molar-refractivity contribution in [3.8, 4) is 5.75 Å². The number of thioether (sulfide) groups is 1. The molecule has 17 heavy (non-hydrogen) atoms. The number of nitrogens with two attached hydrogens (primary N) is 1. The van der Waals surface area contributed by atoms with Crippen molar-refractivity contribution in [2.24, 2.45) is 0 Å². The summed E-state index contributed by atoms with van der Waals surface area (Å²) in [5.41, 5.74) is -0.308. The summed E-state index contributed by atoms with van der Waals surface area (Å²) < 4.78 is 6.72. The fourth-order valence-corrected chi connectivity index (χ4v) is 3.20. The smallest absolute Gasteiger partial charge is 0.316 e. The molecular weight excluding hydrogens is 238 g/mol. The molecule has 0 saturated carbocycles. The molecule has 90 valence electrons. The van der Waals surface area contributed by atoms with Crippen LogP contribution in [0.4, 0.5) is 0 Å². The van der Waals surface area contributed by atoms with Crippen LogP contribution in [0.2, 0.25) is 0 Å². The van der Waals surface area contributed by atoms with E-state index in [-0.39, 0.29) is 11.3 Å². The van der Waals surface area contributed by atoms with Crippen LogP contribution in [0.5, 0.6) is 5.75 Å². The molecule has 1 aromatic heterocycles. The lowest BCUT2D eigenvalue weighted by Gasteiger charge is -2.25. The second-order valence-corrected chi connectivity index (χ2v) is 5.31. The summed E-state index contributed by atoms with van der Waals surface area (Å²) in [5, 5.41) is 0.648. The molecule has 0 spiro atoms. The van der Waals surface area contributed by atoms with Crippen molar-refractivity contribution in [1.82, 2.24) is 9.66 Å². The van der Waals surface area contributed by atoms with Crippen molar-refractivity contribution in [2.45, 2.75) is 37.6 Å². The van der Waals surface area contributed by atoms with Crippen LogP contribution in [0.1, 0.15) is 31.5 Å². The Labute approximate surface area is 103 Å². The van der Waals surface area contributed by atoms with Gasteiger partial charge in [0.2, 0.25) is 5.75 Å².